The van der Waals surface area contributed by atoms with E-state index in [2.05, 4.69) is 28.7 Å². The second-order valence-electron chi connectivity index (χ2n) is 7.20. The molecule has 29 heavy (non-hydrogen) atoms. The maximum atomic E-state index is 13.1. The van der Waals surface area contributed by atoms with Gasteiger partial charge in [-0.05, 0) is 42.5 Å². The van der Waals surface area contributed by atoms with E-state index in [0.717, 1.165) is 49.5 Å². The van der Waals surface area contributed by atoms with Crippen LogP contribution in [0.1, 0.15) is 48.3 Å². The van der Waals surface area contributed by atoms with Crippen LogP contribution < -0.4 is 14.4 Å². The number of rotatable bonds is 8. The highest BCUT2D eigenvalue weighted by Gasteiger charge is 2.25. The van der Waals surface area contributed by atoms with Crippen molar-refractivity contribution >= 4 is 11.7 Å². The summed E-state index contributed by atoms with van der Waals surface area (Å²) in [6.45, 7) is 7.29. The van der Waals surface area contributed by atoms with E-state index < -0.39 is 0 Å². The number of hydrogen-bond donors (Lipinski definition) is 0. The van der Waals surface area contributed by atoms with Gasteiger partial charge >= 0.3 is 0 Å². The van der Waals surface area contributed by atoms with Crippen LogP contribution in [-0.2, 0) is 13.0 Å². The van der Waals surface area contributed by atoms with Crippen LogP contribution in [-0.4, -0.2) is 54.6 Å². The molecule has 0 aliphatic carbocycles. The molecule has 0 bridgehead atoms. The molecule has 0 unspecified atom stereocenters. The third-order valence-electron chi connectivity index (χ3n) is 5.19. The van der Waals surface area contributed by atoms with Gasteiger partial charge in [0.2, 0.25) is 0 Å². The Labute approximate surface area is 172 Å². The largest absolute Gasteiger partial charge is 0.493 e. The molecule has 1 amide bonds. The lowest BCUT2D eigenvalue weighted by Crippen LogP contribution is -2.36. The van der Waals surface area contributed by atoms with Gasteiger partial charge in [-0.2, -0.15) is 0 Å². The van der Waals surface area contributed by atoms with Crippen molar-refractivity contribution < 1.29 is 14.3 Å². The Morgan fingerprint density at radius 1 is 1.03 bits per heavy atom. The molecule has 0 spiro atoms. The summed E-state index contributed by atoms with van der Waals surface area (Å²) in [5.41, 5.74) is 2.71. The molecule has 0 N–H and O–H groups in total. The SMILES string of the molecule is CCCN(CCC)c1cc(C(=O)N2CCc3cc(OC)c(OC)cc3C2)ncn1. The van der Waals surface area contributed by atoms with Crippen LogP contribution in [0.3, 0.4) is 0 Å². The van der Waals surface area contributed by atoms with Crippen molar-refractivity contribution in [3.05, 3.63) is 41.3 Å². The Bertz CT molecular complexity index is 850. The average Bonchev–Trinajstić information content (AvgIpc) is 2.77. The average molecular weight is 399 g/mol. The van der Waals surface area contributed by atoms with E-state index in [1.54, 1.807) is 14.2 Å². The molecule has 0 saturated carbocycles. The minimum atomic E-state index is -0.0676. The fourth-order valence-corrected chi connectivity index (χ4v) is 3.74. The minimum Gasteiger partial charge on any atom is -0.493 e. The summed E-state index contributed by atoms with van der Waals surface area (Å²) in [5, 5.41) is 0. The Hall–Kier alpha value is -2.83. The van der Waals surface area contributed by atoms with E-state index in [9.17, 15) is 4.79 Å². The number of fused-ring (bicyclic) bond motifs is 1. The molecule has 7 nitrogen and oxygen atoms in total. The smallest absolute Gasteiger partial charge is 0.272 e. The molecule has 156 valence electrons. The van der Waals surface area contributed by atoms with Crippen molar-refractivity contribution in [2.75, 3.05) is 38.8 Å². The van der Waals surface area contributed by atoms with Crippen LogP contribution in [0.25, 0.3) is 0 Å². The Morgan fingerprint density at radius 3 is 2.31 bits per heavy atom. The van der Waals surface area contributed by atoms with Gasteiger partial charge in [-0.25, -0.2) is 9.97 Å². The number of hydrogen-bond acceptors (Lipinski definition) is 6. The van der Waals surface area contributed by atoms with Gasteiger partial charge in [0.05, 0.1) is 14.2 Å². The van der Waals surface area contributed by atoms with E-state index in [0.29, 0.717) is 24.5 Å². The molecule has 1 aliphatic heterocycles. The molecule has 0 fully saturated rings. The number of carbonyl (C=O) groups excluding carboxylic acids is 1. The van der Waals surface area contributed by atoms with Gasteiger partial charge in [0.1, 0.15) is 17.8 Å². The summed E-state index contributed by atoms with van der Waals surface area (Å²) in [5.74, 6) is 2.15. The fraction of sp³-hybridized carbons (Fsp3) is 0.500. The van der Waals surface area contributed by atoms with Gasteiger partial charge in [0, 0.05) is 32.2 Å². The predicted octanol–water partition coefficient (Wildman–Crippen LogP) is 3.32. The summed E-state index contributed by atoms with van der Waals surface area (Å²) in [6.07, 6.45) is 4.33. The molecule has 1 aromatic carbocycles. The van der Waals surface area contributed by atoms with E-state index in [1.807, 2.05) is 23.1 Å². The molecule has 0 radical (unpaired) electrons. The Balaban J connectivity index is 1.80. The highest BCUT2D eigenvalue weighted by molar-refractivity contribution is 5.93. The molecule has 2 aromatic rings. The second kappa shape index (κ2) is 9.58. The summed E-state index contributed by atoms with van der Waals surface area (Å²) in [7, 11) is 3.26. The van der Waals surface area contributed by atoms with Crippen molar-refractivity contribution in [1.29, 1.82) is 0 Å². The zero-order chi connectivity index (χ0) is 20.8. The van der Waals surface area contributed by atoms with Gasteiger partial charge in [-0.15, -0.1) is 0 Å². The second-order valence-corrected chi connectivity index (χ2v) is 7.20. The number of benzene rings is 1. The lowest BCUT2D eigenvalue weighted by atomic mass is 9.98. The van der Waals surface area contributed by atoms with Gasteiger partial charge in [0.15, 0.2) is 11.5 Å². The first-order chi connectivity index (χ1) is 14.1. The lowest BCUT2D eigenvalue weighted by Gasteiger charge is -2.29. The third-order valence-corrected chi connectivity index (χ3v) is 5.19. The van der Waals surface area contributed by atoms with Crippen molar-refractivity contribution in [1.82, 2.24) is 14.9 Å². The van der Waals surface area contributed by atoms with E-state index in [4.69, 9.17) is 9.47 Å². The molecular formula is C22H30N4O3. The Kier molecular flexibility index (Phi) is 6.90. The van der Waals surface area contributed by atoms with Gasteiger partial charge < -0.3 is 19.3 Å². The van der Waals surface area contributed by atoms with E-state index >= 15 is 0 Å². The standard InChI is InChI=1S/C22H30N4O3/c1-5-8-25(9-6-2)21-13-18(23-15-24-21)22(27)26-10-7-16-11-19(28-3)20(29-4)12-17(16)14-26/h11-13,15H,5-10,14H2,1-4H3. The number of carbonyl (C=O) groups is 1. The normalized spacial score (nSPS) is 13.0. The zero-order valence-corrected chi connectivity index (χ0v) is 17.8. The third kappa shape index (κ3) is 4.60. The molecule has 0 atom stereocenters. The summed E-state index contributed by atoms with van der Waals surface area (Å²) in [6, 6.07) is 5.78. The van der Waals surface area contributed by atoms with Crippen LogP contribution in [0.4, 0.5) is 5.82 Å². The van der Waals surface area contributed by atoms with Crippen LogP contribution >= 0.6 is 0 Å². The first-order valence-corrected chi connectivity index (χ1v) is 10.2. The summed E-state index contributed by atoms with van der Waals surface area (Å²) in [4.78, 5) is 25.8. The van der Waals surface area contributed by atoms with Crippen LogP contribution in [0.5, 0.6) is 11.5 Å². The summed E-state index contributed by atoms with van der Waals surface area (Å²) >= 11 is 0. The van der Waals surface area contributed by atoms with Crippen LogP contribution in [0.15, 0.2) is 24.5 Å². The van der Waals surface area contributed by atoms with Gasteiger partial charge in [-0.1, -0.05) is 13.8 Å². The maximum absolute atomic E-state index is 13.1. The summed E-state index contributed by atoms with van der Waals surface area (Å²) < 4.78 is 10.8. The van der Waals surface area contributed by atoms with Crippen LogP contribution in [0, 0.1) is 0 Å². The predicted molar refractivity (Wildman–Crippen MR) is 113 cm³/mol. The van der Waals surface area contributed by atoms with Gasteiger partial charge in [0.25, 0.3) is 5.91 Å². The number of aromatic nitrogens is 2. The molecule has 1 aromatic heterocycles. The topological polar surface area (TPSA) is 67.8 Å². The zero-order valence-electron chi connectivity index (χ0n) is 17.8. The molecule has 0 saturated heterocycles. The number of amides is 1. The molecule has 2 heterocycles. The number of nitrogens with zero attached hydrogens (tertiary/aromatic N) is 4. The molecule has 7 heteroatoms. The first kappa shape index (κ1) is 20.9. The highest BCUT2D eigenvalue weighted by atomic mass is 16.5. The lowest BCUT2D eigenvalue weighted by molar-refractivity contribution is 0.0728. The monoisotopic (exact) mass is 398 g/mol. The number of ether oxygens (including phenoxy) is 2. The van der Waals surface area contributed by atoms with Crippen LogP contribution in [0.2, 0.25) is 0 Å². The molecule has 1 aliphatic rings. The van der Waals surface area contributed by atoms with Crippen molar-refractivity contribution in [3.8, 4) is 11.5 Å². The van der Waals surface area contributed by atoms with E-state index in [1.165, 1.54) is 11.9 Å². The molecular weight excluding hydrogens is 368 g/mol. The van der Waals surface area contributed by atoms with Crippen molar-refractivity contribution in [2.45, 2.75) is 39.7 Å². The first-order valence-electron chi connectivity index (χ1n) is 10.2. The highest BCUT2D eigenvalue weighted by Crippen LogP contribution is 2.33. The minimum absolute atomic E-state index is 0.0676. The fourth-order valence-electron chi connectivity index (χ4n) is 3.74. The van der Waals surface area contributed by atoms with Crippen molar-refractivity contribution in [3.63, 3.8) is 0 Å². The Morgan fingerprint density at radius 2 is 1.69 bits per heavy atom. The number of methoxy groups -OCH3 is 2. The van der Waals surface area contributed by atoms with Crippen molar-refractivity contribution in [2.24, 2.45) is 0 Å². The number of anilines is 1. The molecule has 3 rings (SSSR count). The quantitative estimate of drug-likeness (QED) is 0.680. The van der Waals surface area contributed by atoms with E-state index in [-0.39, 0.29) is 5.91 Å². The van der Waals surface area contributed by atoms with Gasteiger partial charge in [-0.3, -0.25) is 4.79 Å². The maximum Gasteiger partial charge on any atom is 0.272 e.